The fraction of sp³-hybridized carbons (Fsp3) is 0.545. The maximum Gasteiger partial charge on any atom is 0.320 e. The van der Waals surface area contributed by atoms with E-state index in [0.29, 0.717) is 30.0 Å². The minimum atomic E-state index is -3.55. The molecule has 2 heterocycles. The first kappa shape index (κ1) is 17.4. The van der Waals surface area contributed by atoms with Gasteiger partial charge in [-0.3, -0.25) is 9.69 Å². The zero-order valence-corrected chi connectivity index (χ0v) is 15.9. The minimum absolute atomic E-state index is 0.249. The number of carbonyl (C=O) groups is 1. The highest BCUT2D eigenvalue weighted by atomic mass is 79.9. The number of aliphatic carboxylic acids is 1. The summed E-state index contributed by atoms with van der Waals surface area (Å²) in [4.78, 5) is 13.0. The van der Waals surface area contributed by atoms with Gasteiger partial charge >= 0.3 is 5.97 Å². The summed E-state index contributed by atoms with van der Waals surface area (Å²) >= 11 is 7.85. The molecule has 1 N–H and O–H groups in total. The van der Waals surface area contributed by atoms with E-state index in [2.05, 4.69) is 31.9 Å². The third-order valence-corrected chi connectivity index (χ3v) is 8.08. The van der Waals surface area contributed by atoms with E-state index in [4.69, 9.17) is 5.11 Å². The SMILES string of the molecule is CC(C(=O)O)N1CCN(S(=O)(=O)c2cc(Br)sc2Br)CC1. The van der Waals surface area contributed by atoms with Crippen molar-refractivity contribution in [2.75, 3.05) is 26.2 Å². The molecule has 2 rings (SSSR count). The van der Waals surface area contributed by atoms with Crippen LogP contribution in [0.2, 0.25) is 0 Å². The van der Waals surface area contributed by atoms with Gasteiger partial charge in [-0.15, -0.1) is 11.3 Å². The molecular formula is C11H14Br2N2O4S2. The normalized spacial score (nSPS) is 19.6. The predicted molar refractivity (Wildman–Crippen MR) is 87.1 cm³/mol. The first-order valence-corrected chi connectivity index (χ1v) is 9.99. The smallest absolute Gasteiger partial charge is 0.320 e. The van der Waals surface area contributed by atoms with Crippen molar-refractivity contribution in [3.63, 3.8) is 0 Å². The number of hydrogen-bond acceptors (Lipinski definition) is 5. The topological polar surface area (TPSA) is 77.9 Å². The summed E-state index contributed by atoms with van der Waals surface area (Å²) < 4.78 is 27.9. The highest BCUT2D eigenvalue weighted by Gasteiger charge is 2.33. The number of hydrogen-bond donors (Lipinski definition) is 1. The van der Waals surface area contributed by atoms with Crippen molar-refractivity contribution in [3.05, 3.63) is 13.6 Å². The largest absolute Gasteiger partial charge is 0.480 e. The van der Waals surface area contributed by atoms with E-state index >= 15 is 0 Å². The minimum Gasteiger partial charge on any atom is -0.480 e. The Morgan fingerprint density at radius 1 is 1.33 bits per heavy atom. The fourth-order valence-electron chi connectivity index (χ4n) is 2.13. The van der Waals surface area contributed by atoms with Crippen LogP contribution in [0.3, 0.4) is 0 Å². The standard InChI is InChI=1S/C11H14Br2N2O4S2/c1-7(11(16)17)14-2-4-15(5-3-14)21(18,19)8-6-9(12)20-10(8)13/h6-7H,2-5H2,1H3,(H,16,17). The lowest BCUT2D eigenvalue weighted by Gasteiger charge is -2.35. The van der Waals surface area contributed by atoms with Crippen LogP contribution in [0.15, 0.2) is 18.5 Å². The molecule has 1 aliphatic rings. The van der Waals surface area contributed by atoms with Crippen molar-refractivity contribution in [1.82, 2.24) is 9.21 Å². The molecule has 1 saturated heterocycles. The lowest BCUT2D eigenvalue weighted by atomic mass is 10.2. The number of carboxylic acid groups (broad SMARTS) is 1. The van der Waals surface area contributed by atoms with Gasteiger partial charge in [-0.25, -0.2) is 8.42 Å². The van der Waals surface area contributed by atoms with Crippen LogP contribution in [0, 0.1) is 0 Å². The number of halogens is 2. The molecule has 1 atom stereocenters. The molecule has 1 fully saturated rings. The van der Waals surface area contributed by atoms with Gasteiger partial charge in [0.15, 0.2) is 0 Å². The number of sulfonamides is 1. The molecule has 0 amide bonds. The second-order valence-electron chi connectivity index (χ2n) is 4.64. The fourth-order valence-corrected chi connectivity index (χ4v) is 7.31. The average molecular weight is 462 g/mol. The van der Waals surface area contributed by atoms with Gasteiger partial charge in [0.1, 0.15) is 10.9 Å². The Kier molecular flexibility index (Phi) is 5.48. The van der Waals surface area contributed by atoms with Crippen molar-refractivity contribution in [3.8, 4) is 0 Å². The molecule has 1 aromatic heterocycles. The van der Waals surface area contributed by atoms with Gasteiger partial charge in [-0.05, 0) is 44.8 Å². The van der Waals surface area contributed by atoms with E-state index < -0.39 is 22.0 Å². The Bertz CT molecular complexity index is 639. The molecule has 0 radical (unpaired) electrons. The van der Waals surface area contributed by atoms with Crippen LogP contribution in [0.4, 0.5) is 0 Å². The molecule has 0 spiro atoms. The predicted octanol–water partition coefficient (Wildman–Crippen LogP) is 2.05. The van der Waals surface area contributed by atoms with Crippen LogP contribution in [-0.2, 0) is 14.8 Å². The Morgan fingerprint density at radius 2 is 1.90 bits per heavy atom. The lowest BCUT2D eigenvalue weighted by molar-refractivity contribution is -0.143. The molecule has 0 bridgehead atoms. The Labute approximate surface area is 144 Å². The van der Waals surface area contributed by atoms with Gasteiger partial charge in [0, 0.05) is 26.2 Å². The maximum atomic E-state index is 12.6. The average Bonchev–Trinajstić information content (AvgIpc) is 2.77. The zero-order chi connectivity index (χ0) is 15.8. The van der Waals surface area contributed by atoms with Gasteiger partial charge in [-0.2, -0.15) is 4.31 Å². The van der Waals surface area contributed by atoms with Gasteiger partial charge < -0.3 is 5.11 Å². The summed E-state index contributed by atoms with van der Waals surface area (Å²) in [6, 6.07) is 0.980. The van der Waals surface area contributed by atoms with Crippen molar-refractivity contribution < 1.29 is 18.3 Å². The highest BCUT2D eigenvalue weighted by Crippen LogP contribution is 2.36. The third kappa shape index (κ3) is 3.67. The van der Waals surface area contributed by atoms with Crippen LogP contribution < -0.4 is 0 Å². The van der Waals surface area contributed by atoms with Crippen LogP contribution in [-0.4, -0.2) is 60.9 Å². The summed E-state index contributed by atoms with van der Waals surface area (Å²) in [5, 5.41) is 8.99. The van der Waals surface area contributed by atoms with Gasteiger partial charge in [-0.1, -0.05) is 0 Å². The van der Waals surface area contributed by atoms with Crippen molar-refractivity contribution in [1.29, 1.82) is 0 Å². The van der Waals surface area contributed by atoms with Crippen LogP contribution >= 0.6 is 43.2 Å². The molecule has 21 heavy (non-hydrogen) atoms. The molecule has 1 aliphatic heterocycles. The number of nitrogens with zero attached hydrogens (tertiary/aromatic N) is 2. The van der Waals surface area contributed by atoms with Crippen LogP contribution in [0.5, 0.6) is 0 Å². The van der Waals surface area contributed by atoms with Crippen LogP contribution in [0.25, 0.3) is 0 Å². The third-order valence-electron chi connectivity index (χ3n) is 3.42. The summed E-state index contributed by atoms with van der Waals surface area (Å²) in [5.41, 5.74) is 0. The molecule has 0 saturated carbocycles. The Balaban J connectivity index is 2.11. The summed E-state index contributed by atoms with van der Waals surface area (Å²) in [5.74, 6) is -0.893. The van der Waals surface area contributed by atoms with Crippen molar-refractivity contribution in [2.24, 2.45) is 0 Å². The van der Waals surface area contributed by atoms with Gasteiger partial charge in [0.2, 0.25) is 10.0 Å². The van der Waals surface area contributed by atoms with Crippen molar-refractivity contribution >= 4 is 59.2 Å². The quantitative estimate of drug-likeness (QED) is 0.742. The monoisotopic (exact) mass is 460 g/mol. The van der Waals surface area contributed by atoms with E-state index in [9.17, 15) is 13.2 Å². The lowest BCUT2D eigenvalue weighted by Crippen LogP contribution is -2.53. The Morgan fingerprint density at radius 3 is 2.33 bits per heavy atom. The maximum absolute atomic E-state index is 12.6. The molecule has 10 heteroatoms. The number of rotatable bonds is 4. The van der Waals surface area contributed by atoms with Gasteiger partial charge in [0.25, 0.3) is 0 Å². The van der Waals surface area contributed by atoms with E-state index in [1.54, 1.807) is 17.9 Å². The zero-order valence-electron chi connectivity index (χ0n) is 11.1. The van der Waals surface area contributed by atoms with E-state index in [1.165, 1.54) is 15.6 Å². The summed E-state index contributed by atoms with van der Waals surface area (Å²) in [7, 11) is -3.55. The number of piperazine rings is 1. The van der Waals surface area contributed by atoms with Gasteiger partial charge in [0.05, 0.1) is 7.57 Å². The summed E-state index contributed by atoms with van der Waals surface area (Å²) in [6.07, 6.45) is 0. The van der Waals surface area contributed by atoms with E-state index in [0.717, 1.165) is 3.79 Å². The first-order chi connectivity index (χ1) is 9.73. The van der Waals surface area contributed by atoms with E-state index in [1.807, 2.05) is 0 Å². The molecule has 6 nitrogen and oxygen atoms in total. The molecule has 1 aromatic rings. The van der Waals surface area contributed by atoms with E-state index in [-0.39, 0.29) is 4.90 Å². The molecule has 0 aliphatic carbocycles. The van der Waals surface area contributed by atoms with Crippen molar-refractivity contribution in [2.45, 2.75) is 17.9 Å². The summed E-state index contributed by atoms with van der Waals surface area (Å²) in [6.45, 7) is 3.02. The molecule has 1 unspecified atom stereocenters. The second-order valence-corrected chi connectivity index (χ2v) is 10.3. The Hall–Kier alpha value is -0.000000000000000333. The highest BCUT2D eigenvalue weighted by molar-refractivity contribution is 9.12. The molecule has 0 aromatic carbocycles. The number of carboxylic acids is 1. The second kappa shape index (κ2) is 6.63. The first-order valence-electron chi connectivity index (χ1n) is 6.15. The molecule has 118 valence electrons. The molecular weight excluding hydrogens is 448 g/mol. The number of thiophene rings is 1. The van der Waals surface area contributed by atoms with Crippen LogP contribution in [0.1, 0.15) is 6.92 Å².